The van der Waals surface area contributed by atoms with Gasteiger partial charge in [-0.2, -0.15) is 0 Å². The van der Waals surface area contributed by atoms with E-state index in [1.807, 2.05) is 18.2 Å². The lowest BCUT2D eigenvalue weighted by Gasteiger charge is -2.43. The maximum absolute atomic E-state index is 12.2. The summed E-state index contributed by atoms with van der Waals surface area (Å²) in [6.45, 7) is 0. The van der Waals surface area contributed by atoms with Crippen LogP contribution in [-0.4, -0.2) is 11.0 Å². The van der Waals surface area contributed by atoms with Crippen LogP contribution in [0.4, 0.5) is 10.5 Å². The predicted molar refractivity (Wildman–Crippen MR) is 86.1 cm³/mol. The lowest BCUT2D eigenvalue weighted by atomic mass is 9.72. The van der Waals surface area contributed by atoms with Gasteiger partial charge in [-0.05, 0) is 49.1 Å². The number of benzene rings is 1. The smallest absolute Gasteiger partial charge is 0.319 e. The second-order valence-corrected chi connectivity index (χ2v) is 6.18. The van der Waals surface area contributed by atoms with Gasteiger partial charge in [-0.25, -0.2) is 4.79 Å². The van der Waals surface area contributed by atoms with E-state index in [0.29, 0.717) is 5.69 Å². The van der Waals surface area contributed by atoms with Crippen LogP contribution in [0.3, 0.4) is 0 Å². The van der Waals surface area contributed by atoms with Crippen molar-refractivity contribution in [3.63, 3.8) is 0 Å². The molecular weight excluding hydrogens is 330 g/mol. The summed E-state index contributed by atoms with van der Waals surface area (Å²) in [6.07, 6.45) is 6.37. The van der Waals surface area contributed by atoms with Gasteiger partial charge in [0.25, 0.3) is 0 Å². The summed E-state index contributed by atoms with van der Waals surface area (Å²) in [5.74, 6) is 0. The minimum atomic E-state index is -0.243. The number of pyridine rings is 1. The van der Waals surface area contributed by atoms with Crippen molar-refractivity contribution in [1.29, 1.82) is 0 Å². The maximum Gasteiger partial charge on any atom is 0.319 e. The van der Waals surface area contributed by atoms with Crippen molar-refractivity contribution in [3.05, 3.63) is 58.8 Å². The Kier molecular flexibility index (Phi) is 3.92. The van der Waals surface area contributed by atoms with Gasteiger partial charge in [0, 0.05) is 10.7 Å². The Morgan fingerprint density at radius 1 is 1.19 bits per heavy atom. The van der Waals surface area contributed by atoms with Crippen molar-refractivity contribution < 1.29 is 4.79 Å². The van der Waals surface area contributed by atoms with Crippen LogP contribution in [0.15, 0.2) is 53.3 Å². The molecule has 1 heterocycles. The Labute approximate surface area is 132 Å². The zero-order valence-electron chi connectivity index (χ0n) is 11.5. The summed E-state index contributed by atoms with van der Waals surface area (Å²) in [4.78, 5) is 16.2. The Morgan fingerprint density at radius 3 is 2.52 bits per heavy atom. The van der Waals surface area contributed by atoms with Crippen molar-refractivity contribution in [1.82, 2.24) is 10.3 Å². The van der Waals surface area contributed by atoms with Crippen LogP contribution in [0.5, 0.6) is 0 Å². The molecule has 0 spiro atoms. The van der Waals surface area contributed by atoms with Gasteiger partial charge in [0.2, 0.25) is 0 Å². The SMILES string of the molecule is O=C(Nc1cccnc1)NC1(c2ccc(Br)cc2)CCC1. The topological polar surface area (TPSA) is 54.0 Å². The number of urea groups is 1. The molecule has 0 bridgehead atoms. The van der Waals surface area contributed by atoms with Gasteiger partial charge in [-0.1, -0.05) is 28.1 Å². The van der Waals surface area contributed by atoms with Crippen LogP contribution in [-0.2, 0) is 5.54 Å². The third kappa shape index (κ3) is 3.08. The molecule has 0 aliphatic heterocycles. The third-order valence-corrected chi connectivity index (χ3v) is 4.40. The van der Waals surface area contributed by atoms with E-state index in [2.05, 4.69) is 43.7 Å². The van der Waals surface area contributed by atoms with Crippen LogP contribution in [0.25, 0.3) is 0 Å². The lowest BCUT2D eigenvalue weighted by molar-refractivity contribution is 0.185. The molecule has 1 aliphatic rings. The van der Waals surface area contributed by atoms with Crippen LogP contribution in [0.1, 0.15) is 24.8 Å². The Bertz CT molecular complexity index is 624. The van der Waals surface area contributed by atoms with Gasteiger partial charge in [-0.3, -0.25) is 4.98 Å². The highest BCUT2D eigenvalue weighted by atomic mass is 79.9. The zero-order valence-corrected chi connectivity index (χ0v) is 13.1. The van der Waals surface area contributed by atoms with Crippen molar-refractivity contribution in [2.75, 3.05) is 5.32 Å². The molecule has 2 amide bonds. The molecule has 1 fully saturated rings. The fourth-order valence-electron chi connectivity index (χ4n) is 2.60. The predicted octanol–water partition coefficient (Wildman–Crippen LogP) is 4.05. The first-order chi connectivity index (χ1) is 10.2. The fraction of sp³-hybridized carbons (Fsp3) is 0.250. The first kappa shape index (κ1) is 14.1. The molecule has 5 heteroatoms. The minimum absolute atomic E-state index is 0.189. The number of aromatic nitrogens is 1. The second kappa shape index (κ2) is 5.85. The molecule has 1 aliphatic carbocycles. The van der Waals surface area contributed by atoms with Gasteiger partial charge in [0.15, 0.2) is 0 Å². The number of nitrogens with zero attached hydrogens (tertiary/aromatic N) is 1. The quantitative estimate of drug-likeness (QED) is 0.881. The molecule has 1 aromatic heterocycles. The van der Waals surface area contributed by atoms with E-state index < -0.39 is 0 Å². The van der Waals surface area contributed by atoms with Gasteiger partial charge in [0.05, 0.1) is 17.4 Å². The van der Waals surface area contributed by atoms with Gasteiger partial charge < -0.3 is 10.6 Å². The monoisotopic (exact) mass is 345 g/mol. The normalized spacial score (nSPS) is 15.9. The Hall–Kier alpha value is -1.88. The summed E-state index contributed by atoms with van der Waals surface area (Å²) in [6, 6.07) is 11.6. The minimum Gasteiger partial charge on any atom is -0.328 e. The number of anilines is 1. The fourth-order valence-corrected chi connectivity index (χ4v) is 2.87. The number of halogens is 1. The van der Waals surface area contributed by atoms with Gasteiger partial charge in [-0.15, -0.1) is 0 Å². The molecular formula is C16H16BrN3O. The van der Waals surface area contributed by atoms with E-state index in [1.165, 1.54) is 0 Å². The van der Waals surface area contributed by atoms with Crippen molar-refractivity contribution in [3.8, 4) is 0 Å². The molecule has 0 unspecified atom stereocenters. The zero-order chi connectivity index (χ0) is 14.7. The largest absolute Gasteiger partial charge is 0.328 e. The summed E-state index contributed by atoms with van der Waals surface area (Å²) in [7, 11) is 0. The summed E-state index contributed by atoms with van der Waals surface area (Å²) < 4.78 is 1.04. The summed E-state index contributed by atoms with van der Waals surface area (Å²) in [5, 5.41) is 5.95. The van der Waals surface area contributed by atoms with E-state index in [0.717, 1.165) is 29.3 Å². The van der Waals surface area contributed by atoms with E-state index >= 15 is 0 Å². The lowest BCUT2D eigenvalue weighted by Crippen LogP contribution is -2.52. The molecule has 108 valence electrons. The average molecular weight is 346 g/mol. The van der Waals surface area contributed by atoms with E-state index in [-0.39, 0.29) is 11.6 Å². The highest BCUT2D eigenvalue weighted by Crippen LogP contribution is 2.41. The highest BCUT2D eigenvalue weighted by molar-refractivity contribution is 9.10. The van der Waals surface area contributed by atoms with Crippen molar-refractivity contribution >= 4 is 27.6 Å². The molecule has 2 N–H and O–H groups in total. The first-order valence-corrected chi connectivity index (χ1v) is 7.72. The van der Waals surface area contributed by atoms with Crippen LogP contribution in [0.2, 0.25) is 0 Å². The van der Waals surface area contributed by atoms with Gasteiger partial charge in [0.1, 0.15) is 0 Å². The number of amides is 2. The second-order valence-electron chi connectivity index (χ2n) is 5.26. The number of nitrogens with one attached hydrogen (secondary N) is 2. The maximum atomic E-state index is 12.2. The number of hydrogen-bond donors (Lipinski definition) is 2. The highest BCUT2D eigenvalue weighted by Gasteiger charge is 2.40. The van der Waals surface area contributed by atoms with E-state index in [1.54, 1.807) is 18.5 Å². The summed E-state index contributed by atoms with van der Waals surface area (Å²) in [5.41, 5.74) is 1.60. The first-order valence-electron chi connectivity index (χ1n) is 6.93. The Balaban J connectivity index is 1.72. The number of carbonyl (C=O) groups is 1. The van der Waals surface area contributed by atoms with Crippen LogP contribution >= 0.6 is 15.9 Å². The molecule has 4 nitrogen and oxygen atoms in total. The molecule has 1 aromatic carbocycles. The molecule has 0 saturated heterocycles. The van der Waals surface area contributed by atoms with E-state index in [9.17, 15) is 4.79 Å². The average Bonchev–Trinajstić information content (AvgIpc) is 2.45. The molecule has 0 radical (unpaired) electrons. The molecule has 21 heavy (non-hydrogen) atoms. The molecule has 3 rings (SSSR count). The summed E-state index contributed by atoms with van der Waals surface area (Å²) >= 11 is 3.44. The number of hydrogen-bond acceptors (Lipinski definition) is 2. The molecule has 1 saturated carbocycles. The third-order valence-electron chi connectivity index (χ3n) is 3.88. The van der Waals surface area contributed by atoms with Crippen LogP contribution in [0, 0.1) is 0 Å². The van der Waals surface area contributed by atoms with Gasteiger partial charge >= 0.3 is 6.03 Å². The van der Waals surface area contributed by atoms with Crippen molar-refractivity contribution in [2.24, 2.45) is 0 Å². The Morgan fingerprint density at radius 2 is 1.95 bits per heavy atom. The molecule has 2 aromatic rings. The van der Waals surface area contributed by atoms with E-state index in [4.69, 9.17) is 0 Å². The number of carbonyl (C=O) groups excluding carboxylic acids is 1. The van der Waals surface area contributed by atoms with Crippen LogP contribution < -0.4 is 10.6 Å². The number of rotatable bonds is 3. The standard InChI is InChI=1S/C16H16BrN3O/c17-13-6-4-12(5-7-13)16(8-2-9-16)20-15(21)19-14-3-1-10-18-11-14/h1,3-7,10-11H,2,8-9H2,(H2,19,20,21). The molecule has 0 atom stereocenters. The van der Waals surface area contributed by atoms with Crippen molar-refractivity contribution in [2.45, 2.75) is 24.8 Å².